The molecule has 0 aliphatic rings. The van der Waals surface area contributed by atoms with Crippen molar-refractivity contribution in [3.8, 4) is 11.5 Å². The van der Waals surface area contributed by atoms with E-state index in [2.05, 4.69) is 0 Å². The van der Waals surface area contributed by atoms with Crippen LogP contribution in [0.15, 0.2) is 42.5 Å². The van der Waals surface area contributed by atoms with Crippen LogP contribution < -0.4 is 4.74 Å². The lowest BCUT2D eigenvalue weighted by atomic mass is 10.2. The molecule has 0 aliphatic heterocycles. The first-order chi connectivity index (χ1) is 8.58. The summed E-state index contributed by atoms with van der Waals surface area (Å²) >= 11 is 5.87. The highest BCUT2D eigenvalue weighted by Gasteiger charge is 2.10. The molecular formula is C14H11ClO3. The van der Waals surface area contributed by atoms with E-state index in [0.717, 1.165) is 11.3 Å². The van der Waals surface area contributed by atoms with Gasteiger partial charge in [0.1, 0.15) is 11.5 Å². The Kier molecular flexibility index (Phi) is 3.53. The molecule has 0 amide bonds. The highest BCUT2D eigenvalue weighted by Crippen LogP contribution is 2.28. The number of hydrogen-bond donors (Lipinski definition) is 1. The number of carboxylic acids is 1. The summed E-state index contributed by atoms with van der Waals surface area (Å²) in [5, 5.41) is 9.03. The Hall–Kier alpha value is -2.00. The van der Waals surface area contributed by atoms with E-state index in [9.17, 15) is 4.79 Å². The van der Waals surface area contributed by atoms with Gasteiger partial charge in [0.25, 0.3) is 0 Å². The molecule has 2 rings (SSSR count). The van der Waals surface area contributed by atoms with Crippen LogP contribution in [0.5, 0.6) is 11.5 Å². The van der Waals surface area contributed by atoms with Gasteiger partial charge >= 0.3 is 5.97 Å². The third-order valence-corrected chi connectivity index (χ3v) is 2.81. The number of aromatic carboxylic acids is 1. The van der Waals surface area contributed by atoms with E-state index >= 15 is 0 Å². The number of para-hydroxylation sites is 1. The van der Waals surface area contributed by atoms with Crippen molar-refractivity contribution >= 4 is 17.6 Å². The van der Waals surface area contributed by atoms with Crippen molar-refractivity contribution < 1.29 is 14.6 Å². The normalized spacial score (nSPS) is 10.1. The zero-order valence-electron chi connectivity index (χ0n) is 9.68. The quantitative estimate of drug-likeness (QED) is 0.904. The van der Waals surface area contributed by atoms with Crippen molar-refractivity contribution in [1.29, 1.82) is 0 Å². The van der Waals surface area contributed by atoms with E-state index in [-0.39, 0.29) is 10.6 Å². The molecule has 92 valence electrons. The van der Waals surface area contributed by atoms with Gasteiger partial charge in [-0.15, -0.1) is 0 Å². The molecule has 0 bridgehead atoms. The molecule has 2 aromatic carbocycles. The minimum Gasteiger partial charge on any atom is -0.478 e. The molecule has 3 nitrogen and oxygen atoms in total. The predicted octanol–water partition coefficient (Wildman–Crippen LogP) is 4.14. The van der Waals surface area contributed by atoms with Crippen LogP contribution in [0.25, 0.3) is 0 Å². The zero-order chi connectivity index (χ0) is 13.1. The van der Waals surface area contributed by atoms with E-state index in [0.29, 0.717) is 5.75 Å². The van der Waals surface area contributed by atoms with Gasteiger partial charge in [-0.25, -0.2) is 4.79 Å². The third-order valence-electron chi connectivity index (χ3n) is 2.49. The van der Waals surface area contributed by atoms with E-state index in [4.69, 9.17) is 21.4 Å². The molecule has 4 heteroatoms. The number of ether oxygens (including phenoxy) is 1. The summed E-state index contributed by atoms with van der Waals surface area (Å²) in [5.74, 6) is 0.179. The zero-order valence-corrected chi connectivity index (χ0v) is 10.4. The van der Waals surface area contributed by atoms with Gasteiger partial charge in [0, 0.05) is 6.07 Å². The number of hydrogen-bond acceptors (Lipinski definition) is 2. The van der Waals surface area contributed by atoms with Crippen LogP contribution in [0, 0.1) is 6.92 Å². The minimum atomic E-state index is -1.05. The molecule has 1 N–H and O–H groups in total. The largest absolute Gasteiger partial charge is 0.478 e. The Labute approximate surface area is 110 Å². The second kappa shape index (κ2) is 5.10. The second-order valence-corrected chi connectivity index (χ2v) is 4.22. The molecule has 0 saturated carbocycles. The van der Waals surface area contributed by atoms with Gasteiger partial charge in [-0.1, -0.05) is 29.8 Å². The maximum atomic E-state index is 10.8. The maximum absolute atomic E-state index is 10.8. The minimum absolute atomic E-state index is 0.0637. The first-order valence-corrected chi connectivity index (χ1v) is 5.72. The van der Waals surface area contributed by atoms with Crippen molar-refractivity contribution in [3.05, 3.63) is 58.6 Å². The monoisotopic (exact) mass is 262 g/mol. The third kappa shape index (κ3) is 2.63. The Morgan fingerprint density at radius 2 is 1.94 bits per heavy atom. The molecule has 0 spiro atoms. The Balaban J connectivity index is 2.29. The first kappa shape index (κ1) is 12.5. The summed E-state index contributed by atoms with van der Waals surface area (Å²) in [6.07, 6.45) is 0. The summed E-state index contributed by atoms with van der Waals surface area (Å²) in [6.45, 7) is 1.93. The van der Waals surface area contributed by atoms with Gasteiger partial charge in [0.15, 0.2) is 0 Å². The molecule has 2 aromatic rings. The average Bonchev–Trinajstić information content (AvgIpc) is 2.32. The Morgan fingerprint density at radius 1 is 1.22 bits per heavy atom. The summed E-state index contributed by atoms with van der Waals surface area (Å²) < 4.78 is 5.65. The first-order valence-electron chi connectivity index (χ1n) is 5.34. The smallest absolute Gasteiger partial charge is 0.337 e. The Morgan fingerprint density at radius 3 is 2.56 bits per heavy atom. The number of benzene rings is 2. The van der Waals surface area contributed by atoms with E-state index in [1.165, 1.54) is 12.1 Å². The predicted molar refractivity (Wildman–Crippen MR) is 69.7 cm³/mol. The van der Waals surface area contributed by atoms with Crippen LogP contribution >= 0.6 is 11.6 Å². The SMILES string of the molecule is Cc1ccccc1Oc1ccc(C(=O)O)c(Cl)c1. The number of carboxylic acid groups (broad SMARTS) is 1. The lowest BCUT2D eigenvalue weighted by Gasteiger charge is -2.09. The van der Waals surface area contributed by atoms with Crippen LogP contribution in [0.2, 0.25) is 5.02 Å². The average molecular weight is 263 g/mol. The summed E-state index contributed by atoms with van der Waals surface area (Å²) in [6, 6.07) is 12.1. The van der Waals surface area contributed by atoms with Crippen LogP contribution in [-0.4, -0.2) is 11.1 Å². The fraction of sp³-hybridized carbons (Fsp3) is 0.0714. The molecule has 0 saturated heterocycles. The number of halogens is 1. The van der Waals surface area contributed by atoms with Gasteiger partial charge in [-0.2, -0.15) is 0 Å². The van der Waals surface area contributed by atoms with Crippen molar-refractivity contribution in [2.45, 2.75) is 6.92 Å². The van der Waals surface area contributed by atoms with Crippen molar-refractivity contribution in [1.82, 2.24) is 0 Å². The number of rotatable bonds is 3. The highest BCUT2D eigenvalue weighted by molar-refractivity contribution is 6.33. The highest BCUT2D eigenvalue weighted by atomic mass is 35.5. The molecule has 0 unspecified atom stereocenters. The van der Waals surface area contributed by atoms with Crippen LogP contribution in [0.3, 0.4) is 0 Å². The summed E-state index contributed by atoms with van der Waals surface area (Å²) in [4.78, 5) is 10.8. The van der Waals surface area contributed by atoms with Crippen LogP contribution in [0.1, 0.15) is 15.9 Å². The van der Waals surface area contributed by atoms with Crippen LogP contribution in [-0.2, 0) is 0 Å². The van der Waals surface area contributed by atoms with Crippen molar-refractivity contribution in [3.63, 3.8) is 0 Å². The standard InChI is InChI=1S/C14H11ClO3/c1-9-4-2-3-5-13(9)18-10-6-7-11(14(16)17)12(15)8-10/h2-8H,1H3,(H,16,17). The molecular weight excluding hydrogens is 252 g/mol. The van der Waals surface area contributed by atoms with Gasteiger partial charge in [-0.3, -0.25) is 0 Å². The molecule has 0 fully saturated rings. The van der Waals surface area contributed by atoms with Crippen molar-refractivity contribution in [2.24, 2.45) is 0 Å². The fourth-order valence-corrected chi connectivity index (χ4v) is 1.78. The fourth-order valence-electron chi connectivity index (χ4n) is 1.53. The van der Waals surface area contributed by atoms with E-state index in [1.807, 2.05) is 31.2 Å². The molecule has 0 aliphatic carbocycles. The molecule has 0 radical (unpaired) electrons. The topological polar surface area (TPSA) is 46.5 Å². The van der Waals surface area contributed by atoms with E-state index < -0.39 is 5.97 Å². The van der Waals surface area contributed by atoms with Crippen LogP contribution in [0.4, 0.5) is 0 Å². The maximum Gasteiger partial charge on any atom is 0.337 e. The molecule has 18 heavy (non-hydrogen) atoms. The second-order valence-electron chi connectivity index (χ2n) is 3.81. The number of aryl methyl sites for hydroxylation is 1. The summed E-state index contributed by atoms with van der Waals surface area (Å²) in [5.41, 5.74) is 1.06. The number of carbonyl (C=O) groups is 1. The van der Waals surface area contributed by atoms with Gasteiger partial charge < -0.3 is 9.84 Å². The van der Waals surface area contributed by atoms with Crippen molar-refractivity contribution in [2.75, 3.05) is 0 Å². The van der Waals surface area contributed by atoms with Gasteiger partial charge in [0.05, 0.1) is 10.6 Å². The molecule has 0 aromatic heterocycles. The summed E-state index contributed by atoms with van der Waals surface area (Å²) in [7, 11) is 0. The lowest BCUT2D eigenvalue weighted by Crippen LogP contribution is -1.97. The molecule has 0 atom stereocenters. The Bertz CT molecular complexity index is 593. The lowest BCUT2D eigenvalue weighted by molar-refractivity contribution is 0.0697. The molecule has 0 heterocycles. The van der Waals surface area contributed by atoms with E-state index in [1.54, 1.807) is 6.07 Å². The van der Waals surface area contributed by atoms with Gasteiger partial charge in [-0.05, 0) is 30.7 Å². The van der Waals surface area contributed by atoms with Gasteiger partial charge in [0.2, 0.25) is 0 Å².